The molecule has 0 aliphatic carbocycles. The Balaban J connectivity index is 1.62. The van der Waals surface area contributed by atoms with E-state index in [1.807, 2.05) is 72.3 Å². The summed E-state index contributed by atoms with van der Waals surface area (Å²) in [5, 5.41) is 0. The van der Waals surface area contributed by atoms with Crippen LogP contribution < -0.4 is 9.64 Å². The number of ether oxygens (including phenoxy) is 1. The number of rotatable bonds is 8. The second kappa shape index (κ2) is 10.4. The Morgan fingerprint density at radius 3 is 2.28 bits per heavy atom. The summed E-state index contributed by atoms with van der Waals surface area (Å²) in [6, 6.07) is 18.1. The molecule has 2 aromatic rings. The Bertz CT molecular complexity index is 857. The molecule has 5 nitrogen and oxygen atoms in total. The fourth-order valence-electron chi connectivity index (χ4n) is 3.32. The van der Waals surface area contributed by atoms with E-state index in [1.54, 1.807) is 12.9 Å². The van der Waals surface area contributed by atoms with Crippen LogP contribution in [0.3, 0.4) is 0 Å². The lowest BCUT2D eigenvalue weighted by molar-refractivity contribution is 0.271. The minimum Gasteiger partial charge on any atom is -0.497 e. The quantitative estimate of drug-likeness (QED) is 0.436. The highest BCUT2D eigenvalue weighted by molar-refractivity contribution is 7.59. The van der Waals surface area contributed by atoms with Crippen molar-refractivity contribution in [1.29, 1.82) is 0 Å². The summed E-state index contributed by atoms with van der Waals surface area (Å²) in [6.45, 7) is 5.38. The summed E-state index contributed by atoms with van der Waals surface area (Å²) in [6.07, 6.45) is 5.69. The predicted octanol–water partition coefficient (Wildman–Crippen LogP) is 5.27. The average molecular weight is 412 g/mol. The van der Waals surface area contributed by atoms with E-state index in [4.69, 9.17) is 9.26 Å². The molecule has 2 aromatic carbocycles. The van der Waals surface area contributed by atoms with Gasteiger partial charge in [0.15, 0.2) is 0 Å². The van der Waals surface area contributed by atoms with E-state index in [-0.39, 0.29) is 0 Å². The molecule has 154 valence electrons. The van der Waals surface area contributed by atoms with Gasteiger partial charge in [0.05, 0.1) is 13.7 Å². The number of anilines is 1. The highest BCUT2D eigenvalue weighted by Crippen LogP contribution is 2.52. The van der Waals surface area contributed by atoms with E-state index in [0.717, 1.165) is 24.4 Å². The summed E-state index contributed by atoms with van der Waals surface area (Å²) in [5.74, 6) is 2.54. The third-order valence-corrected chi connectivity index (χ3v) is 7.24. The summed E-state index contributed by atoms with van der Waals surface area (Å²) in [7, 11) is -1.34. The number of hydrogen-bond donors (Lipinski definition) is 0. The van der Waals surface area contributed by atoms with Gasteiger partial charge in [-0.25, -0.2) is 4.67 Å². The van der Waals surface area contributed by atoms with Crippen molar-refractivity contribution in [1.82, 2.24) is 4.67 Å². The van der Waals surface area contributed by atoms with Gasteiger partial charge in [-0.2, -0.15) is 0 Å². The minimum absolute atomic E-state index is 0.419. The SMILES string of the molecule is CCOP(=O)(/C=C/C=C/c1ccc(OC)cc1)N1CCN(c2ccccc2)CC1. The molecule has 0 N–H and O–H groups in total. The first-order valence-electron chi connectivity index (χ1n) is 9.94. The maximum Gasteiger partial charge on any atom is 0.295 e. The first kappa shape index (κ1) is 21.4. The highest BCUT2D eigenvalue weighted by Gasteiger charge is 2.31. The molecule has 0 radical (unpaired) electrons. The van der Waals surface area contributed by atoms with Crippen LogP contribution >= 0.6 is 7.52 Å². The maximum atomic E-state index is 13.5. The first-order valence-corrected chi connectivity index (χ1v) is 11.6. The normalized spacial score (nSPS) is 17.7. The Morgan fingerprint density at radius 2 is 1.66 bits per heavy atom. The lowest BCUT2D eigenvalue weighted by atomic mass is 10.2. The van der Waals surface area contributed by atoms with Gasteiger partial charge in [0, 0.05) is 37.7 Å². The molecule has 1 aliphatic heterocycles. The van der Waals surface area contributed by atoms with Gasteiger partial charge in [-0.15, -0.1) is 0 Å². The summed E-state index contributed by atoms with van der Waals surface area (Å²) >= 11 is 0. The fourth-order valence-corrected chi connectivity index (χ4v) is 5.18. The fraction of sp³-hybridized carbons (Fsp3) is 0.304. The Labute approximate surface area is 173 Å². The number of nitrogens with zero attached hydrogens (tertiary/aromatic N) is 2. The van der Waals surface area contributed by atoms with E-state index in [1.165, 1.54) is 5.69 Å². The van der Waals surface area contributed by atoms with Crippen molar-refractivity contribution in [3.63, 3.8) is 0 Å². The molecule has 1 unspecified atom stereocenters. The van der Waals surface area contributed by atoms with E-state index in [2.05, 4.69) is 17.0 Å². The van der Waals surface area contributed by atoms with Gasteiger partial charge in [-0.1, -0.05) is 48.6 Å². The van der Waals surface area contributed by atoms with Crippen LogP contribution in [-0.4, -0.2) is 44.6 Å². The van der Waals surface area contributed by atoms with Crippen molar-refractivity contribution in [3.8, 4) is 5.75 Å². The third kappa shape index (κ3) is 5.83. The zero-order chi connectivity index (χ0) is 20.5. The van der Waals surface area contributed by atoms with Crippen LogP contribution in [0.15, 0.2) is 72.6 Å². The molecular formula is C23H29N2O3P. The lowest BCUT2D eigenvalue weighted by Crippen LogP contribution is -2.44. The van der Waals surface area contributed by atoms with E-state index < -0.39 is 7.52 Å². The molecule has 1 atom stereocenters. The molecule has 0 amide bonds. The first-order chi connectivity index (χ1) is 14.1. The second-order valence-electron chi connectivity index (χ2n) is 6.73. The summed E-state index contributed by atoms with van der Waals surface area (Å²) in [4.78, 5) is 2.32. The summed E-state index contributed by atoms with van der Waals surface area (Å²) < 4.78 is 26.3. The van der Waals surface area contributed by atoms with Gasteiger partial charge < -0.3 is 14.2 Å². The molecule has 0 spiro atoms. The van der Waals surface area contributed by atoms with Gasteiger partial charge in [0.25, 0.3) is 7.52 Å². The molecule has 0 saturated carbocycles. The smallest absolute Gasteiger partial charge is 0.295 e. The van der Waals surface area contributed by atoms with Gasteiger partial charge in [-0.05, 0) is 36.8 Å². The van der Waals surface area contributed by atoms with Crippen molar-refractivity contribution in [2.45, 2.75) is 6.92 Å². The van der Waals surface area contributed by atoms with Crippen LogP contribution in [0.25, 0.3) is 6.08 Å². The molecule has 29 heavy (non-hydrogen) atoms. The van der Waals surface area contributed by atoms with E-state index in [0.29, 0.717) is 19.7 Å². The molecule has 6 heteroatoms. The maximum absolute atomic E-state index is 13.5. The van der Waals surface area contributed by atoms with Gasteiger partial charge >= 0.3 is 0 Å². The molecule has 1 aliphatic rings. The van der Waals surface area contributed by atoms with Crippen LogP contribution in [0.4, 0.5) is 5.69 Å². The standard InChI is InChI=1S/C23H29N2O3P/c1-3-28-29(26,20-8-7-9-21-12-14-23(27-2)15-13-21)25-18-16-24(17-19-25)22-10-5-4-6-11-22/h4-15,20H,3,16-19H2,1-2H3/b9-7+,20-8+. The molecule has 0 bridgehead atoms. The largest absolute Gasteiger partial charge is 0.497 e. The third-order valence-electron chi connectivity index (χ3n) is 4.88. The second-order valence-corrected chi connectivity index (χ2v) is 8.98. The summed E-state index contributed by atoms with van der Waals surface area (Å²) in [5.41, 5.74) is 2.26. The molecule has 1 saturated heterocycles. The Morgan fingerprint density at radius 1 is 0.966 bits per heavy atom. The number of methoxy groups -OCH3 is 1. The molecular weight excluding hydrogens is 383 g/mol. The number of para-hydroxylation sites is 1. The zero-order valence-corrected chi connectivity index (χ0v) is 18.0. The topological polar surface area (TPSA) is 42.0 Å². The minimum atomic E-state index is -2.99. The van der Waals surface area contributed by atoms with E-state index >= 15 is 0 Å². The lowest BCUT2D eigenvalue weighted by Gasteiger charge is -2.38. The number of piperazine rings is 1. The van der Waals surface area contributed by atoms with Gasteiger partial charge in [0.2, 0.25) is 0 Å². The monoisotopic (exact) mass is 412 g/mol. The molecule has 0 aromatic heterocycles. The van der Waals surface area contributed by atoms with Gasteiger partial charge in [0.1, 0.15) is 5.75 Å². The molecule has 1 fully saturated rings. The zero-order valence-electron chi connectivity index (χ0n) is 17.1. The number of benzene rings is 2. The van der Waals surface area contributed by atoms with Crippen LogP contribution in [0, 0.1) is 0 Å². The number of allylic oxidation sites excluding steroid dienone is 2. The van der Waals surface area contributed by atoms with Gasteiger partial charge in [-0.3, -0.25) is 4.57 Å². The van der Waals surface area contributed by atoms with E-state index in [9.17, 15) is 4.57 Å². The van der Waals surface area contributed by atoms with Crippen LogP contribution in [0.5, 0.6) is 5.75 Å². The van der Waals surface area contributed by atoms with Crippen molar-refractivity contribution >= 4 is 19.3 Å². The van der Waals surface area contributed by atoms with Crippen molar-refractivity contribution in [2.24, 2.45) is 0 Å². The molecule has 3 rings (SSSR count). The van der Waals surface area contributed by atoms with Crippen LogP contribution in [0.2, 0.25) is 0 Å². The Kier molecular flexibility index (Phi) is 7.70. The average Bonchev–Trinajstić information content (AvgIpc) is 2.78. The predicted molar refractivity (Wildman–Crippen MR) is 121 cm³/mol. The number of hydrogen-bond acceptors (Lipinski definition) is 4. The van der Waals surface area contributed by atoms with Crippen molar-refractivity contribution in [3.05, 3.63) is 78.1 Å². The van der Waals surface area contributed by atoms with Crippen LogP contribution in [0.1, 0.15) is 12.5 Å². The molecule has 1 heterocycles. The van der Waals surface area contributed by atoms with Crippen molar-refractivity contribution < 1.29 is 13.8 Å². The Hall–Kier alpha value is -2.33. The van der Waals surface area contributed by atoms with Crippen molar-refractivity contribution in [2.75, 3.05) is 44.8 Å². The van der Waals surface area contributed by atoms with Crippen LogP contribution in [-0.2, 0) is 9.09 Å². The highest BCUT2D eigenvalue weighted by atomic mass is 31.2.